The fourth-order valence-corrected chi connectivity index (χ4v) is 3.59. The molecule has 5 heteroatoms. The molecule has 1 fully saturated rings. The van der Waals surface area contributed by atoms with Crippen molar-refractivity contribution >= 4 is 33.2 Å². The van der Waals surface area contributed by atoms with E-state index in [0.717, 1.165) is 36.3 Å². The molecule has 1 saturated heterocycles. The summed E-state index contributed by atoms with van der Waals surface area (Å²) in [6.45, 7) is 4.50. The maximum absolute atomic E-state index is 12.2. The highest BCUT2D eigenvalue weighted by Gasteiger charge is 2.26. The SMILES string of the molecule is CCN(Cc1ccc(Br)s1)C(=O)[C@H]1CCCN1. The second kappa shape index (κ2) is 5.98. The zero-order chi connectivity index (χ0) is 12.3. The minimum atomic E-state index is 0.0401. The minimum absolute atomic E-state index is 0.0401. The first-order chi connectivity index (χ1) is 8.20. The van der Waals surface area contributed by atoms with E-state index in [-0.39, 0.29) is 11.9 Å². The monoisotopic (exact) mass is 316 g/mol. The predicted octanol–water partition coefficient (Wildman–Crippen LogP) is 2.61. The summed E-state index contributed by atoms with van der Waals surface area (Å²) in [5, 5.41) is 3.27. The molecular formula is C12H17BrN2OS. The number of hydrogen-bond donors (Lipinski definition) is 1. The second-order valence-electron chi connectivity index (χ2n) is 4.21. The molecule has 1 aliphatic heterocycles. The molecule has 1 amide bonds. The average Bonchev–Trinajstić information content (AvgIpc) is 2.96. The number of likely N-dealkylation sites (N-methyl/N-ethyl adjacent to an activating group) is 1. The summed E-state index contributed by atoms with van der Waals surface area (Å²) in [5.74, 6) is 0.245. The van der Waals surface area contributed by atoms with Gasteiger partial charge in [0.05, 0.1) is 16.4 Å². The van der Waals surface area contributed by atoms with Gasteiger partial charge in [0.25, 0.3) is 0 Å². The van der Waals surface area contributed by atoms with E-state index in [1.54, 1.807) is 11.3 Å². The number of halogens is 1. The fraction of sp³-hybridized carbons (Fsp3) is 0.583. The van der Waals surface area contributed by atoms with Crippen molar-refractivity contribution in [3.8, 4) is 0 Å². The number of amides is 1. The second-order valence-corrected chi connectivity index (χ2v) is 6.75. The van der Waals surface area contributed by atoms with Crippen molar-refractivity contribution in [2.45, 2.75) is 32.4 Å². The quantitative estimate of drug-likeness (QED) is 0.926. The van der Waals surface area contributed by atoms with E-state index in [4.69, 9.17) is 0 Å². The van der Waals surface area contributed by atoms with Gasteiger partial charge in [-0.3, -0.25) is 4.79 Å². The molecule has 2 heterocycles. The summed E-state index contributed by atoms with van der Waals surface area (Å²) in [7, 11) is 0. The number of carbonyl (C=O) groups excluding carboxylic acids is 1. The van der Waals surface area contributed by atoms with Gasteiger partial charge >= 0.3 is 0 Å². The molecule has 1 aromatic rings. The first-order valence-corrected chi connectivity index (χ1v) is 7.58. The lowest BCUT2D eigenvalue weighted by atomic mass is 10.2. The maximum Gasteiger partial charge on any atom is 0.240 e. The van der Waals surface area contributed by atoms with Crippen molar-refractivity contribution in [1.82, 2.24) is 10.2 Å². The highest BCUT2D eigenvalue weighted by Crippen LogP contribution is 2.23. The van der Waals surface area contributed by atoms with Crippen molar-refractivity contribution < 1.29 is 4.79 Å². The van der Waals surface area contributed by atoms with Crippen LogP contribution >= 0.6 is 27.3 Å². The summed E-state index contributed by atoms with van der Waals surface area (Å²) in [6, 6.07) is 4.15. The highest BCUT2D eigenvalue weighted by molar-refractivity contribution is 9.11. The van der Waals surface area contributed by atoms with Gasteiger partial charge in [-0.25, -0.2) is 0 Å². The zero-order valence-corrected chi connectivity index (χ0v) is 12.3. The Bertz CT molecular complexity index is 388. The van der Waals surface area contributed by atoms with Crippen LogP contribution in [0.15, 0.2) is 15.9 Å². The van der Waals surface area contributed by atoms with E-state index in [0.29, 0.717) is 0 Å². The molecule has 2 rings (SSSR count). The summed E-state index contributed by atoms with van der Waals surface area (Å²) in [6.07, 6.45) is 2.09. The fourth-order valence-electron chi connectivity index (χ4n) is 2.09. The molecule has 3 nitrogen and oxygen atoms in total. The first kappa shape index (κ1) is 13.1. The van der Waals surface area contributed by atoms with Crippen LogP contribution < -0.4 is 5.32 Å². The van der Waals surface area contributed by atoms with Crippen LogP contribution in [0.1, 0.15) is 24.6 Å². The molecule has 0 unspecified atom stereocenters. The van der Waals surface area contributed by atoms with Crippen molar-refractivity contribution in [2.24, 2.45) is 0 Å². The van der Waals surface area contributed by atoms with Crippen molar-refractivity contribution in [1.29, 1.82) is 0 Å². The highest BCUT2D eigenvalue weighted by atomic mass is 79.9. The molecule has 0 bridgehead atoms. The number of nitrogens with zero attached hydrogens (tertiary/aromatic N) is 1. The molecule has 1 aromatic heterocycles. The summed E-state index contributed by atoms with van der Waals surface area (Å²) in [5.41, 5.74) is 0. The largest absolute Gasteiger partial charge is 0.336 e. The van der Waals surface area contributed by atoms with Crippen LogP contribution in [0.3, 0.4) is 0 Å². The molecule has 0 aliphatic carbocycles. The van der Waals surface area contributed by atoms with E-state index >= 15 is 0 Å². The Kier molecular flexibility index (Phi) is 4.59. The molecule has 0 saturated carbocycles. The molecule has 0 spiro atoms. The number of nitrogens with one attached hydrogen (secondary N) is 1. The lowest BCUT2D eigenvalue weighted by molar-refractivity contribution is -0.133. The van der Waals surface area contributed by atoms with Crippen molar-refractivity contribution in [3.63, 3.8) is 0 Å². The zero-order valence-electron chi connectivity index (χ0n) is 9.91. The smallest absolute Gasteiger partial charge is 0.240 e. The van der Waals surface area contributed by atoms with E-state index < -0.39 is 0 Å². The Balaban J connectivity index is 1.98. The molecule has 0 aromatic carbocycles. The van der Waals surface area contributed by atoms with E-state index in [1.807, 2.05) is 17.9 Å². The first-order valence-electron chi connectivity index (χ1n) is 5.97. The Hall–Kier alpha value is -0.390. The summed E-state index contributed by atoms with van der Waals surface area (Å²) in [4.78, 5) is 15.4. The van der Waals surface area contributed by atoms with Crippen LogP contribution in [0.4, 0.5) is 0 Å². The van der Waals surface area contributed by atoms with Crippen LogP contribution in [-0.2, 0) is 11.3 Å². The summed E-state index contributed by atoms with van der Waals surface area (Å²) < 4.78 is 1.12. The molecule has 0 radical (unpaired) electrons. The van der Waals surface area contributed by atoms with Gasteiger partial charge in [0.2, 0.25) is 5.91 Å². The standard InChI is InChI=1S/C12H17BrN2OS/c1-2-15(8-9-5-6-11(13)17-9)12(16)10-4-3-7-14-10/h5-6,10,14H,2-4,7-8H2,1H3/t10-/m1/s1. The number of rotatable bonds is 4. The third-order valence-electron chi connectivity index (χ3n) is 3.03. The van der Waals surface area contributed by atoms with Crippen LogP contribution in [-0.4, -0.2) is 29.9 Å². The molecule has 1 N–H and O–H groups in total. The predicted molar refractivity (Wildman–Crippen MR) is 74.1 cm³/mol. The van der Waals surface area contributed by atoms with Gasteiger partial charge in [-0.2, -0.15) is 0 Å². The number of carbonyl (C=O) groups is 1. The van der Waals surface area contributed by atoms with Crippen molar-refractivity contribution in [2.75, 3.05) is 13.1 Å². The maximum atomic E-state index is 12.2. The molecule has 1 aliphatic rings. The van der Waals surface area contributed by atoms with Crippen LogP contribution in [0.2, 0.25) is 0 Å². The molecule has 94 valence electrons. The topological polar surface area (TPSA) is 32.3 Å². The lowest BCUT2D eigenvalue weighted by Gasteiger charge is -2.23. The van der Waals surface area contributed by atoms with Gasteiger partial charge in [-0.1, -0.05) is 0 Å². The van der Waals surface area contributed by atoms with Crippen LogP contribution in [0.25, 0.3) is 0 Å². The van der Waals surface area contributed by atoms with E-state index in [9.17, 15) is 4.79 Å². The third kappa shape index (κ3) is 3.30. The van der Waals surface area contributed by atoms with Gasteiger partial charge in [0, 0.05) is 11.4 Å². The van der Waals surface area contributed by atoms with Gasteiger partial charge < -0.3 is 10.2 Å². The normalized spacial score (nSPS) is 19.5. The molecule has 1 atom stereocenters. The Morgan fingerprint density at radius 1 is 1.65 bits per heavy atom. The Labute approximate surface area is 114 Å². The van der Waals surface area contributed by atoms with Gasteiger partial charge in [-0.15, -0.1) is 11.3 Å². The summed E-state index contributed by atoms with van der Waals surface area (Å²) >= 11 is 5.14. The lowest BCUT2D eigenvalue weighted by Crippen LogP contribution is -2.43. The van der Waals surface area contributed by atoms with E-state index in [2.05, 4.69) is 27.3 Å². The van der Waals surface area contributed by atoms with Gasteiger partial charge in [-0.05, 0) is 54.4 Å². The average molecular weight is 317 g/mol. The number of hydrogen-bond acceptors (Lipinski definition) is 3. The number of thiophene rings is 1. The Morgan fingerprint density at radius 3 is 3.00 bits per heavy atom. The third-order valence-corrected chi connectivity index (χ3v) is 4.64. The van der Waals surface area contributed by atoms with Crippen LogP contribution in [0, 0.1) is 0 Å². The van der Waals surface area contributed by atoms with Crippen molar-refractivity contribution in [3.05, 3.63) is 20.8 Å². The van der Waals surface area contributed by atoms with E-state index in [1.165, 1.54) is 4.88 Å². The molecular weight excluding hydrogens is 300 g/mol. The molecule has 17 heavy (non-hydrogen) atoms. The van der Waals surface area contributed by atoms with Gasteiger partial charge in [0.1, 0.15) is 0 Å². The van der Waals surface area contributed by atoms with Gasteiger partial charge in [0.15, 0.2) is 0 Å². The van der Waals surface area contributed by atoms with Crippen LogP contribution in [0.5, 0.6) is 0 Å². The Morgan fingerprint density at radius 2 is 2.47 bits per heavy atom. The minimum Gasteiger partial charge on any atom is -0.336 e.